The van der Waals surface area contributed by atoms with Gasteiger partial charge in [-0.2, -0.15) is 23.0 Å². The molecule has 1 aliphatic rings. The van der Waals surface area contributed by atoms with Gasteiger partial charge in [-0.25, -0.2) is 23.7 Å². The fourth-order valence-electron chi connectivity index (χ4n) is 5.38. The van der Waals surface area contributed by atoms with Crippen LogP contribution in [-0.2, 0) is 11.6 Å². The highest BCUT2D eigenvalue weighted by atomic mass is 19.4. The third-order valence-corrected chi connectivity index (χ3v) is 7.56. The summed E-state index contributed by atoms with van der Waals surface area (Å²) in [6.07, 6.45) is -1.68. The molecule has 1 aromatic carbocycles. The molecule has 0 saturated carbocycles. The summed E-state index contributed by atoms with van der Waals surface area (Å²) in [6, 6.07) is 6.94. The number of rotatable bonds is 4. The fourth-order valence-corrected chi connectivity index (χ4v) is 5.38. The maximum absolute atomic E-state index is 14.5. The Morgan fingerprint density at radius 1 is 1.00 bits per heavy atom. The van der Waals surface area contributed by atoms with Crippen LogP contribution >= 0.6 is 0 Å². The van der Waals surface area contributed by atoms with E-state index in [0.29, 0.717) is 17.8 Å². The molecular weight excluding hydrogens is 493 g/mol. The molecule has 5 rings (SSSR count). The lowest BCUT2D eigenvalue weighted by atomic mass is 9.62. The molecule has 0 fully saturated rings. The maximum atomic E-state index is 14.5. The third kappa shape index (κ3) is 3.68. The molecule has 0 spiro atoms. The number of fused-ring (bicyclic) bond motifs is 1. The van der Waals surface area contributed by atoms with Crippen LogP contribution in [0.4, 0.5) is 22.0 Å². The molecule has 2 unspecified atom stereocenters. The van der Waals surface area contributed by atoms with Crippen LogP contribution < -0.4 is 0 Å². The average Bonchev–Trinajstić information content (AvgIpc) is 3.40. The first-order valence-corrected chi connectivity index (χ1v) is 11.5. The van der Waals surface area contributed by atoms with Crippen LogP contribution in [0, 0.1) is 17.0 Å². The van der Waals surface area contributed by atoms with Crippen molar-refractivity contribution in [2.45, 2.75) is 51.6 Å². The first-order valence-electron chi connectivity index (χ1n) is 11.5. The van der Waals surface area contributed by atoms with Gasteiger partial charge < -0.3 is 0 Å². The van der Waals surface area contributed by atoms with E-state index < -0.39 is 34.5 Å². The maximum Gasteiger partial charge on any atom is 0.453 e. The molecule has 7 nitrogen and oxygen atoms in total. The first kappa shape index (κ1) is 24.8. The Morgan fingerprint density at radius 2 is 1.70 bits per heavy atom. The number of halogens is 5. The van der Waals surface area contributed by atoms with Crippen molar-refractivity contribution in [2.75, 3.05) is 0 Å². The van der Waals surface area contributed by atoms with E-state index >= 15 is 0 Å². The molecule has 12 heteroatoms. The highest BCUT2D eigenvalue weighted by Crippen LogP contribution is 2.61. The van der Waals surface area contributed by atoms with Gasteiger partial charge in [0, 0.05) is 6.20 Å². The van der Waals surface area contributed by atoms with Gasteiger partial charge >= 0.3 is 6.18 Å². The summed E-state index contributed by atoms with van der Waals surface area (Å²) in [7, 11) is 0. The number of nitrogens with zero attached hydrogens (tertiary/aromatic N) is 7. The van der Waals surface area contributed by atoms with Crippen molar-refractivity contribution in [3.63, 3.8) is 0 Å². The summed E-state index contributed by atoms with van der Waals surface area (Å²) in [5.41, 5.74) is 0.285. The van der Waals surface area contributed by atoms with Crippen LogP contribution in [0.3, 0.4) is 0 Å². The minimum Gasteiger partial charge on any atom is -0.220 e. The van der Waals surface area contributed by atoms with Crippen molar-refractivity contribution >= 4 is 0 Å². The topological polar surface area (TPSA) is 82.3 Å². The van der Waals surface area contributed by atoms with Crippen molar-refractivity contribution in [1.29, 1.82) is 0 Å². The Kier molecular flexibility index (Phi) is 5.61. The fraction of sp³-hybridized carbons (Fsp3) is 0.360. The summed E-state index contributed by atoms with van der Waals surface area (Å²) >= 11 is 0. The van der Waals surface area contributed by atoms with E-state index in [9.17, 15) is 22.0 Å². The van der Waals surface area contributed by atoms with Gasteiger partial charge in [0.15, 0.2) is 0 Å². The Bertz CT molecular complexity index is 1480. The lowest BCUT2D eigenvalue weighted by molar-refractivity contribution is -0.144. The van der Waals surface area contributed by atoms with Gasteiger partial charge in [0.1, 0.15) is 18.0 Å². The lowest BCUT2D eigenvalue weighted by Crippen LogP contribution is -2.40. The van der Waals surface area contributed by atoms with Crippen molar-refractivity contribution in [2.24, 2.45) is 5.41 Å². The number of benzene rings is 1. The van der Waals surface area contributed by atoms with Crippen LogP contribution in [-0.4, -0.2) is 34.9 Å². The van der Waals surface area contributed by atoms with Crippen LogP contribution in [0.25, 0.3) is 17.2 Å². The minimum atomic E-state index is -4.71. The van der Waals surface area contributed by atoms with E-state index in [4.69, 9.17) is 0 Å². The average molecular weight is 515 g/mol. The normalized spacial score (nSPS) is 20.7. The molecule has 2 atom stereocenters. The number of aromatic nitrogens is 7. The molecule has 0 aliphatic heterocycles. The molecule has 0 N–H and O–H groups in total. The van der Waals surface area contributed by atoms with Crippen molar-refractivity contribution in [1.82, 2.24) is 34.9 Å². The van der Waals surface area contributed by atoms with Gasteiger partial charge in [-0.05, 0) is 54.5 Å². The molecule has 1 aliphatic carbocycles. The zero-order valence-electron chi connectivity index (χ0n) is 20.3. The highest BCUT2D eigenvalue weighted by molar-refractivity contribution is 5.63. The molecule has 4 aromatic rings. The van der Waals surface area contributed by atoms with Gasteiger partial charge in [-0.1, -0.05) is 26.8 Å². The molecule has 3 heterocycles. The van der Waals surface area contributed by atoms with Crippen LogP contribution in [0.2, 0.25) is 0 Å². The summed E-state index contributed by atoms with van der Waals surface area (Å²) in [4.78, 5) is 12.0. The Morgan fingerprint density at radius 3 is 2.32 bits per heavy atom. The minimum absolute atomic E-state index is 0.0820. The van der Waals surface area contributed by atoms with Crippen LogP contribution in [0.5, 0.6) is 0 Å². The van der Waals surface area contributed by atoms with Gasteiger partial charge in [-0.3, -0.25) is 0 Å². The monoisotopic (exact) mass is 515 g/mol. The van der Waals surface area contributed by atoms with E-state index in [1.54, 1.807) is 12.1 Å². The predicted molar refractivity (Wildman–Crippen MR) is 123 cm³/mol. The smallest absolute Gasteiger partial charge is 0.220 e. The Labute approximate surface area is 208 Å². The SMILES string of the molecule is CCC1c2cc(-c3c(F)cccc3F)nnc2C(C)(c2ccnc(-n3cnc(C(F)(F)F)n3)n2)C1(C)C. The summed E-state index contributed by atoms with van der Waals surface area (Å²) in [5.74, 6) is -2.96. The van der Waals surface area contributed by atoms with E-state index in [1.807, 2.05) is 27.7 Å². The van der Waals surface area contributed by atoms with Gasteiger partial charge in [0.25, 0.3) is 11.8 Å². The predicted octanol–water partition coefficient (Wildman–Crippen LogP) is 5.65. The van der Waals surface area contributed by atoms with Gasteiger partial charge in [-0.15, -0.1) is 10.2 Å². The Hall–Kier alpha value is -3.83. The molecule has 0 amide bonds. The second kappa shape index (κ2) is 8.35. The second-order valence-electron chi connectivity index (χ2n) is 9.69. The molecule has 192 valence electrons. The first-order chi connectivity index (χ1) is 17.4. The van der Waals surface area contributed by atoms with Crippen molar-refractivity contribution in [3.05, 3.63) is 77.3 Å². The zero-order valence-corrected chi connectivity index (χ0v) is 20.3. The summed E-state index contributed by atoms with van der Waals surface area (Å²) in [5, 5.41) is 12.1. The summed E-state index contributed by atoms with van der Waals surface area (Å²) in [6.45, 7) is 8.00. The van der Waals surface area contributed by atoms with Crippen molar-refractivity contribution in [3.8, 4) is 17.2 Å². The third-order valence-electron chi connectivity index (χ3n) is 7.56. The molecule has 0 radical (unpaired) electrons. The number of hydrogen-bond donors (Lipinski definition) is 0. The Balaban J connectivity index is 1.66. The van der Waals surface area contributed by atoms with Crippen LogP contribution in [0.1, 0.15) is 62.8 Å². The van der Waals surface area contributed by atoms with E-state index in [1.165, 1.54) is 12.3 Å². The van der Waals surface area contributed by atoms with Gasteiger partial charge in [0.05, 0.1) is 28.1 Å². The molecular formula is C25H22F5N7. The van der Waals surface area contributed by atoms with E-state index in [0.717, 1.165) is 28.7 Å². The van der Waals surface area contributed by atoms with E-state index in [-0.39, 0.29) is 23.1 Å². The van der Waals surface area contributed by atoms with E-state index in [2.05, 4.69) is 30.2 Å². The largest absolute Gasteiger partial charge is 0.453 e. The number of hydrogen-bond acceptors (Lipinski definition) is 6. The van der Waals surface area contributed by atoms with Crippen molar-refractivity contribution < 1.29 is 22.0 Å². The van der Waals surface area contributed by atoms with Crippen LogP contribution in [0.15, 0.2) is 42.9 Å². The quantitative estimate of drug-likeness (QED) is 0.327. The molecule has 0 saturated heterocycles. The summed E-state index contributed by atoms with van der Waals surface area (Å²) < 4.78 is 68.9. The molecule has 0 bridgehead atoms. The highest BCUT2D eigenvalue weighted by Gasteiger charge is 2.57. The second-order valence-corrected chi connectivity index (χ2v) is 9.69. The number of alkyl halides is 3. The lowest BCUT2D eigenvalue weighted by Gasteiger charge is -2.41. The molecule has 3 aromatic heterocycles. The molecule has 37 heavy (non-hydrogen) atoms. The zero-order chi connectivity index (χ0) is 26.8. The standard InChI is InChI=1S/C25H22F5N7/c1-5-14-13-11-17(19-15(26)7-6-8-16(19)27)34-35-20(13)24(4,23(14,2)3)18-9-10-31-22(33-18)37-12-32-21(36-37)25(28,29)30/h6-12,14H,5H2,1-4H3. The van der Waals surface area contributed by atoms with Gasteiger partial charge in [0.2, 0.25) is 0 Å².